The number of aryl methyl sites for hydroxylation is 3. The van der Waals surface area contributed by atoms with Crippen LogP contribution in [0.4, 0.5) is 5.69 Å². The number of hydrogen-bond acceptors (Lipinski definition) is 3. The van der Waals surface area contributed by atoms with Crippen LogP contribution in [0.15, 0.2) is 51.7 Å². The van der Waals surface area contributed by atoms with E-state index in [0.717, 1.165) is 30.6 Å². The molecule has 0 saturated heterocycles. The van der Waals surface area contributed by atoms with Crippen LogP contribution in [-0.4, -0.2) is 17.0 Å². The molecular formula is C20H20N2O3. The highest BCUT2D eigenvalue weighted by Crippen LogP contribution is 2.28. The quantitative estimate of drug-likeness (QED) is 0.737. The van der Waals surface area contributed by atoms with Crippen LogP contribution in [-0.2, 0) is 17.8 Å². The van der Waals surface area contributed by atoms with Gasteiger partial charge in [0.25, 0.3) is 0 Å². The maximum absolute atomic E-state index is 12.8. The smallest absolute Gasteiger partial charge is 0.408 e. The fraction of sp³-hybridized carbons (Fsp3) is 0.300. The molecule has 0 atom stereocenters. The van der Waals surface area contributed by atoms with Crippen molar-refractivity contribution in [3.8, 4) is 0 Å². The number of amides is 1. The molecule has 1 amide bonds. The van der Waals surface area contributed by atoms with Crippen LogP contribution < -0.4 is 10.7 Å². The van der Waals surface area contributed by atoms with Crippen LogP contribution in [0.3, 0.4) is 0 Å². The largest absolute Gasteiger partial charge is 0.419 e. The number of para-hydroxylation sites is 2. The van der Waals surface area contributed by atoms with E-state index in [2.05, 4.69) is 13.0 Å². The minimum absolute atomic E-state index is 0.0435. The summed E-state index contributed by atoms with van der Waals surface area (Å²) in [5, 5.41) is 0. The van der Waals surface area contributed by atoms with Gasteiger partial charge >= 0.3 is 5.76 Å². The molecule has 2 aromatic carbocycles. The van der Waals surface area contributed by atoms with E-state index in [-0.39, 0.29) is 12.3 Å². The predicted octanol–water partition coefficient (Wildman–Crippen LogP) is 3.27. The van der Waals surface area contributed by atoms with Gasteiger partial charge in [0, 0.05) is 25.2 Å². The average Bonchev–Trinajstić information content (AvgIpc) is 2.94. The zero-order chi connectivity index (χ0) is 17.4. The van der Waals surface area contributed by atoms with E-state index in [0.29, 0.717) is 12.1 Å². The van der Waals surface area contributed by atoms with Crippen molar-refractivity contribution in [1.29, 1.82) is 0 Å². The number of fused-ring (bicyclic) bond motifs is 2. The van der Waals surface area contributed by atoms with Crippen LogP contribution in [0.1, 0.15) is 24.0 Å². The number of benzene rings is 2. The number of carbonyl (C=O) groups is 1. The Morgan fingerprint density at radius 3 is 2.92 bits per heavy atom. The molecule has 128 valence electrons. The highest BCUT2D eigenvalue weighted by molar-refractivity contribution is 5.94. The third-order valence-corrected chi connectivity index (χ3v) is 4.78. The van der Waals surface area contributed by atoms with Gasteiger partial charge in [0.05, 0.1) is 5.52 Å². The summed E-state index contributed by atoms with van der Waals surface area (Å²) in [7, 11) is 0. The number of oxazole rings is 1. The SMILES string of the molecule is Cc1ccc2c(c1)CCCN2C(=O)CCn1c(=O)oc2ccccc21. The van der Waals surface area contributed by atoms with E-state index in [1.54, 1.807) is 6.07 Å². The second-order valence-corrected chi connectivity index (χ2v) is 6.52. The van der Waals surface area contributed by atoms with E-state index in [9.17, 15) is 9.59 Å². The maximum Gasteiger partial charge on any atom is 0.419 e. The monoisotopic (exact) mass is 336 g/mol. The molecule has 0 radical (unpaired) electrons. The van der Waals surface area contributed by atoms with Crippen LogP contribution in [0, 0.1) is 6.92 Å². The van der Waals surface area contributed by atoms with Gasteiger partial charge in [-0.2, -0.15) is 0 Å². The van der Waals surface area contributed by atoms with Crippen LogP contribution in [0.5, 0.6) is 0 Å². The Kier molecular flexibility index (Phi) is 3.92. The first-order chi connectivity index (χ1) is 12.1. The molecule has 0 unspecified atom stereocenters. The minimum Gasteiger partial charge on any atom is -0.408 e. The van der Waals surface area contributed by atoms with Gasteiger partial charge in [-0.05, 0) is 43.5 Å². The Morgan fingerprint density at radius 2 is 2.04 bits per heavy atom. The molecule has 3 aromatic rings. The summed E-state index contributed by atoms with van der Waals surface area (Å²) in [6, 6.07) is 13.5. The molecule has 0 spiro atoms. The Bertz CT molecular complexity index is 1000. The highest BCUT2D eigenvalue weighted by atomic mass is 16.4. The van der Waals surface area contributed by atoms with Crippen LogP contribution in [0.2, 0.25) is 0 Å². The number of rotatable bonds is 3. The third-order valence-electron chi connectivity index (χ3n) is 4.78. The molecule has 5 heteroatoms. The normalized spacial score (nSPS) is 13.9. The van der Waals surface area contributed by atoms with Gasteiger partial charge in [-0.15, -0.1) is 0 Å². The minimum atomic E-state index is -0.413. The average molecular weight is 336 g/mol. The second kappa shape index (κ2) is 6.24. The van der Waals surface area contributed by atoms with Gasteiger partial charge in [-0.25, -0.2) is 4.79 Å². The molecular weight excluding hydrogens is 316 g/mol. The molecule has 1 aliphatic heterocycles. The zero-order valence-electron chi connectivity index (χ0n) is 14.2. The van der Waals surface area contributed by atoms with E-state index in [1.165, 1.54) is 15.7 Å². The Labute approximate surface area is 145 Å². The van der Waals surface area contributed by atoms with E-state index < -0.39 is 5.76 Å². The molecule has 0 N–H and O–H groups in total. The van der Waals surface area contributed by atoms with Crippen molar-refractivity contribution in [3.05, 3.63) is 64.1 Å². The lowest BCUT2D eigenvalue weighted by Crippen LogP contribution is -2.36. The highest BCUT2D eigenvalue weighted by Gasteiger charge is 2.22. The van der Waals surface area contributed by atoms with Crippen LogP contribution >= 0.6 is 0 Å². The Hall–Kier alpha value is -2.82. The fourth-order valence-corrected chi connectivity index (χ4v) is 3.55. The predicted molar refractivity (Wildman–Crippen MR) is 96.9 cm³/mol. The third kappa shape index (κ3) is 2.86. The van der Waals surface area contributed by atoms with Crippen molar-refractivity contribution in [2.24, 2.45) is 0 Å². The first kappa shape index (κ1) is 15.7. The van der Waals surface area contributed by atoms with E-state index in [4.69, 9.17) is 4.42 Å². The Morgan fingerprint density at radius 1 is 1.20 bits per heavy atom. The lowest BCUT2D eigenvalue weighted by Gasteiger charge is -2.30. The molecule has 0 aliphatic carbocycles. The van der Waals surface area contributed by atoms with Crippen molar-refractivity contribution in [2.75, 3.05) is 11.4 Å². The van der Waals surface area contributed by atoms with Gasteiger partial charge in [0.1, 0.15) is 0 Å². The Balaban J connectivity index is 1.55. The summed E-state index contributed by atoms with van der Waals surface area (Å²) < 4.78 is 6.76. The molecule has 0 bridgehead atoms. The van der Waals surface area contributed by atoms with Gasteiger partial charge < -0.3 is 9.32 Å². The molecule has 25 heavy (non-hydrogen) atoms. The molecule has 1 aromatic heterocycles. The van der Waals surface area contributed by atoms with Gasteiger partial charge in [0.15, 0.2) is 5.58 Å². The molecule has 1 aliphatic rings. The van der Waals surface area contributed by atoms with Crippen molar-refractivity contribution in [3.63, 3.8) is 0 Å². The first-order valence-corrected chi connectivity index (χ1v) is 8.62. The summed E-state index contributed by atoms with van der Waals surface area (Å²) in [6.07, 6.45) is 2.25. The van der Waals surface area contributed by atoms with Crippen molar-refractivity contribution in [2.45, 2.75) is 32.7 Å². The van der Waals surface area contributed by atoms with Crippen molar-refractivity contribution in [1.82, 2.24) is 4.57 Å². The fourth-order valence-electron chi connectivity index (χ4n) is 3.55. The standard InChI is InChI=1S/C20H20N2O3/c1-14-8-9-16-15(13-14)5-4-11-21(16)19(23)10-12-22-17-6-2-3-7-18(17)25-20(22)24/h2-3,6-9,13H,4-5,10-12H2,1H3. The van der Waals surface area contributed by atoms with Gasteiger partial charge in [0.2, 0.25) is 5.91 Å². The summed E-state index contributed by atoms with van der Waals surface area (Å²) >= 11 is 0. The second-order valence-electron chi connectivity index (χ2n) is 6.52. The van der Waals surface area contributed by atoms with E-state index >= 15 is 0 Å². The molecule has 2 heterocycles. The molecule has 5 nitrogen and oxygen atoms in total. The summed E-state index contributed by atoms with van der Waals surface area (Å²) in [5.74, 6) is -0.370. The number of aromatic nitrogens is 1. The maximum atomic E-state index is 12.8. The summed E-state index contributed by atoms with van der Waals surface area (Å²) in [6.45, 7) is 3.12. The molecule has 4 rings (SSSR count). The van der Waals surface area contributed by atoms with Gasteiger partial charge in [-0.3, -0.25) is 9.36 Å². The lowest BCUT2D eigenvalue weighted by atomic mass is 9.99. The summed E-state index contributed by atoms with van der Waals surface area (Å²) in [5.41, 5.74) is 4.73. The zero-order valence-corrected chi connectivity index (χ0v) is 14.2. The van der Waals surface area contributed by atoms with Crippen LogP contribution in [0.25, 0.3) is 11.1 Å². The lowest BCUT2D eigenvalue weighted by molar-refractivity contribution is -0.118. The van der Waals surface area contributed by atoms with Gasteiger partial charge in [-0.1, -0.05) is 29.8 Å². The van der Waals surface area contributed by atoms with Crippen molar-refractivity contribution >= 4 is 22.7 Å². The number of nitrogens with zero attached hydrogens (tertiary/aromatic N) is 2. The first-order valence-electron chi connectivity index (χ1n) is 8.62. The van der Waals surface area contributed by atoms with E-state index in [1.807, 2.05) is 35.2 Å². The molecule has 0 saturated carbocycles. The number of anilines is 1. The number of hydrogen-bond donors (Lipinski definition) is 0. The molecule has 0 fully saturated rings. The van der Waals surface area contributed by atoms with Crippen molar-refractivity contribution < 1.29 is 9.21 Å². The number of carbonyl (C=O) groups excluding carboxylic acids is 1. The summed E-state index contributed by atoms with van der Waals surface area (Å²) in [4.78, 5) is 26.7. The topological polar surface area (TPSA) is 55.5 Å².